The van der Waals surface area contributed by atoms with Gasteiger partial charge in [0.1, 0.15) is 0 Å². The van der Waals surface area contributed by atoms with Crippen LogP contribution < -0.4 is 14.8 Å². The summed E-state index contributed by atoms with van der Waals surface area (Å²) >= 11 is 3.54. The molecule has 1 aliphatic heterocycles. The number of fused-ring (bicyclic) bond motifs is 1. The summed E-state index contributed by atoms with van der Waals surface area (Å²) in [7, 11) is 0. The maximum absolute atomic E-state index is 5.46. The lowest BCUT2D eigenvalue weighted by molar-refractivity contribution is 0.173. The summed E-state index contributed by atoms with van der Waals surface area (Å²) in [6.07, 6.45) is 6.88. The summed E-state index contributed by atoms with van der Waals surface area (Å²) < 4.78 is 11.8. The van der Waals surface area contributed by atoms with Crippen LogP contribution in [0.25, 0.3) is 0 Å². The largest absolute Gasteiger partial charge is 0.454 e. The first-order valence-electron chi connectivity index (χ1n) is 7.45. The number of halogens is 1. The number of ether oxygens (including phenoxy) is 2. The van der Waals surface area contributed by atoms with Crippen molar-refractivity contribution < 1.29 is 9.47 Å². The highest BCUT2D eigenvalue weighted by Crippen LogP contribution is 2.40. The minimum absolute atomic E-state index is 0.322. The highest BCUT2D eigenvalue weighted by molar-refractivity contribution is 9.10. The van der Waals surface area contributed by atoms with Crippen LogP contribution in [0.4, 0.5) is 0 Å². The van der Waals surface area contributed by atoms with Gasteiger partial charge in [0.25, 0.3) is 0 Å². The Kier molecular flexibility index (Phi) is 4.22. The summed E-state index contributed by atoms with van der Waals surface area (Å²) in [4.78, 5) is 0. The van der Waals surface area contributed by atoms with E-state index in [2.05, 4.69) is 40.3 Å². The van der Waals surface area contributed by atoms with Gasteiger partial charge in [0.05, 0.1) is 4.47 Å². The Morgan fingerprint density at radius 3 is 2.80 bits per heavy atom. The van der Waals surface area contributed by atoms with Gasteiger partial charge in [-0.15, -0.1) is 0 Å². The molecule has 0 bridgehead atoms. The molecule has 3 nitrogen and oxygen atoms in total. The monoisotopic (exact) mass is 339 g/mol. The molecule has 1 aromatic rings. The average Bonchev–Trinajstić information content (AvgIpc) is 2.88. The Bertz CT molecular complexity index is 484. The van der Waals surface area contributed by atoms with Crippen molar-refractivity contribution in [1.82, 2.24) is 5.32 Å². The molecule has 0 spiro atoms. The Balaban J connectivity index is 1.57. The molecule has 0 radical (unpaired) electrons. The molecular formula is C16H22BrNO2. The molecule has 0 amide bonds. The zero-order valence-corrected chi connectivity index (χ0v) is 13.6. The molecule has 4 heteroatoms. The van der Waals surface area contributed by atoms with Crippen LogP contribution in [0.3, 0.4) is 0 Å². The van der Waals surface area contributed by atoms with E-state index < -0.39 is 0 Å². The van der Waals surface area contributed by atoms with E-state index in [4.69, 9.17) is 9.47 Å². The molecule has 1 aliphatic carbocycles. The van der Waals surface area contributed by atoms with Gasteiger partial charge < -0.3 is 14.8 Å². The van der Waals surface area contributed by atoms with E-state index in [0.29, 0.717) is 12.2 Å². The molecule has 2 aliphatic rings. The fourth-order valence-electron chi connectivity index (χ4n) is 3.21. The Labute approximate surface area is 129 Å². The lowest BCUT2D eigenvalue weighted by Crippen LogP contribution is -2.33. The van der Waals surface area contributed by atoms with Crippen LogP contribution >= 0.6 is 15.9 Å². The van der Waals surface area contributed by atoms with Crippen molar-refractivity contribution in [2.75, 3.05) is 13.3 Å². The van der Waals surface area contributed by atoms with Crippen molar-refractivity contribution in [1.29, 1.82) is 0 Å². The number of hydrogen-bond donors (Lipinski definition) is 1. The third kappa shape index (κ3) is 3.12. The van der Waals surface area contributed by atoms with Crippen LogP contribution in [0, 0.1) is 5.41 Å². The van der Waals surface area contributed by atoms with Gasteiger partial charge in [-0.3, -0.25) is 0 Å². The van der Waals surface area contributed by atoms with Crippen molar-refractivity contribution in [3.05, 3.63) is 22.2 Å². The van der Waals surface area contributed by atoms with Crippen LogP contribution in [-0.2, 0) is 6.54 Å². The van der Waals surface area contributed by atoms with Crippen LogP contribution in [0.2, 0.25) is 0 Å². The summed E-state index contributed by atoms with van der Waals surface area (Å²) in [6.45, 7) is 4.71. The molecule has 3 rings (SSSR count). The molecule has 1 N–H and O–H groups in total. The smallest absolute Gasteiger partial charge is 0.231 e. The van der Waals surface area contributed by atoms with Crippen LogP contribution in [0.1, 0.15) is 44.6 Å². The molecule has 1 heterocycles. The van der Waals surface area contributed by atoms with E-state index in [1.54, 1.807) is 0 Å². The average molecular weight is 340 g/mol. The van der Waals surface area contributed by atoms with E-state index in [0.717, 1.165) is 29.1 Å². The summed E-state index contributed by atoms with van der Waals surface area (Å²) in [6, 6.07) is 4.19. The number of nitrogens with one attached hydrogen (secondary N) is 1. The van der Waals surface area contributed by atoms with E-state index in [1.807, 2.05) is 0 Å². The van der Waals surface area contributed by atoms with Gasteiger partial charge >= 0.3 is 0 Å². The molecule has 1 saturated carbocycles. The van der Waals surface area contributed by atoms with Gasteiger partial charge in [-0.2, -0.15) is 0 Å². The van der Waals surface area contributed by atoms with Crippen LogP contribution in [-0.4, -0.2) is 13.3 Å². The van der Waals surface area contributed by atoms with Crippen molar-refractivity contribution in [2.45, 2.75) is 45.6 Å². The van der Waals surface area contributed by atoms with Crippen LogP contribution in [0.5, 0.6) is 11.5 Å². The first-order chi connectivity index (χ1) is 9.66. The first-order valence-corrected chi connectivity index (χ1v) is 8.24. The zero-order chi connectivity index (χ0) is 14.0. The quantitative estimate of drug-likeness (QED) is 0.889. The topological polar surface area (TPSA) is 30.5 Å². The van der Waals surface area contributed by atoms with Crippen molar-refractivity contribution in [2.24, 2.45) is 5.41 Å². The van der Waals surface area contributed by atoms with Gasteiger partial charge in [0.2, 0.25) is 6.79 Å². The lowest BCUT2D eigenvalue weighted by Gasteiger charge is -2.33. The number of benzene rings is 1. The van der Waals surface area contributed by atoms with Gasteiger partial charge in [0, 0.05) is 13.1 Å². The summed E-state index contributed by atoms with van der Waals surface area (Å²) in [5.74, 6) is 1.67. The zero-order valence-electron chi connectivity index (χ0n) is 12.0. The van der Waals surface area contributed by atoms with Gasteiger partial charge in [-0.25, -0.2) is 0 Å². The second-order valence-corrected chi connectivity index (χ2v) is 7.14. The van der Waals surface area contributed by atoms with E-state index in [-0.39, 0.29) is 0 Å². The van der Waals surface area contributed by atoms with Gasteiger partial charge in [0.15, 0.2) is 11.5 Å². The minimum Gasteiger partial charge on any atom is -0.454 e. The third-order valence-corrected chi connectivity index (χ3v) is 5.02. The fraction of sp³-hybridized carbons (Fsp3) is 0.625. The van der Waals surface area contributed by atoms with Crippen LogP contribution in [0.15, 0.2) is 16.6 Å². The highest BCUT2D eigenvalue weighted by atomic mass is 79.9. The first kappa shape index (κ1) is 14.2. The van der Waals surface area contributed by atoms with Crippen molar-refractivity contribution in [3.8, 4) is 11.5 Å². The molecule has 1 aromatic carbocycles. The molecule has 0 atom stereocenters. The molecule has 0 unspecified atom stereocenters. The molecule has 110 valence electrons. The predicted octanol–water partition coefficient (Wildman–Crippen LogP) is 4.24. The summed E-state index contributed by atoms with van der Waals surface area (Å²) in [5.41, 5.74) is 1.71. The van der Waals surface area contributed by atoms with E-state index in [1.165, 1.54) is 37.7 Å². The molecule has 20 heavy (non-hydrogen) atoms. The predicted molar refractivity (Wildman–Crippen MR) is 83.2 cm³/mol. The number of rotatable bonds is 4. The standard InChI is InChI=1S/C16H22BrNO2/c1-16(5-3-2-4-6-16)10-18-9-12-7-13(17)15-14(8-12)19-11-20-15/h7-8,18H,2-6,9-11H2,1H3. The fourth-order valence-corrected chi connectivity index (χ4v) is 3.82. The molecule has 1 fully saturated rings. The Morgan fingerprint density at radius 1 is 1.20 bits per heavy atom. The SMILES string of the molecule is CC1(CNCc2cc(Br)c3c(c2)OCO3)CCCCC1. The second kappa shape index (κ2) is 5.94. The van der Waals surface area contributed by atoms with E-state index in [9.17, 15) is 0 Å². The van der Waals surface area contributed by atoms with Crippen molar-refractivity contribution in [3.63, 3.8) is 0 Å². The molecule has 0 saturated heterocycles. The maximum atomic E-state index is 5.46. The molecule has 0 aromatic heterocycles. The molecular weight excluding hydrogens is 318 g/mol. The maximum Gasteiger partial charge on any atom is 0.231 e. The minimum atomic E-state index is 0.322. The number of hydrogen-bond acceptors (Lipinski definition) is 3. The Hall–Kier alpha value is -0.740. The lowest BCUT2D eigenvalue weighted by atomic mass is 9.76. The normalized spacial score (nSPS) is 20.1. The van der Waals surface area contributed by atoms with Gasteiger partial charge in [-0.05, 0) is 51.9 Å². The highest BCUT2D eigenvalue weighted by Gasteiger charge is 2.26. The second-order valence-electron chi connectivity index (χ2n) is 6.29. The van der Waals surface area contributed by atoms with Gasteiger partial charge in [-0.1, -0.05) is 26.2 Å². The van der Waals surface area contributed by atoms with Crippen molar-refractivity contribution >= 4 is 15.9 Å². The third-order valence-electron chi connectivity index (χ3n) is 4.43. The Morgan fingerprint density at radius 2 is 2.00 bits per heavy atom. The summed E-state index contributed by atoms with van der Waals surface area (Å²) in [5, 5.41) is 3.61. The van der Waals surface area contributed by atoms with E-state index >= 15 is 0 Å².